The molecule has 1 N–H and O–H groups in total. The van der Waals surface area contributed by atoms with Crippen molar-refractivity contribution < 1.29 is 22.7 Å². The van der Waals surface area contributed by atoms with Gasteiger partial charge in [-0.1, -0.05) is 11.6 Å². The summed E-state index contributed by atoms with van der Waals surface area (Å²) in [6.07, 6.45) is 3.52. The molecule has 4 rings (SSSR count). The van der Waals surface area contributed by atoms with Crippen LogP contribution in [-0.4, -0.2) is 71.1 Å². The number of rotatable bonds is 8. The summed E-state index contributed by atoms with van der Waals surface area (Å²) in [6.45, 7) is 4.21. The number of carbonyl (C=O) groups excluding carboxylic acids is 1. The van der Waals surface area contributed by atoms with Crippen LogP contribution in [-0.2, 0) is 10.0 Å². The number of nitrogens with zero attached hydrogens (tertiary/aromatic N) is 2. The molecule has 2 aromatic carbocycles. The predicted octanol–water partition coefficient (Wildman–Crippen LogP) is 3.72. The number of methoxy groups -OCH3 is 2. The maximum Gasteiger partial charge on any atom is 0.262 e. The summed E-state index contributed by atoms with van der Waals surface area (Å²) >= 11 is 6.35. The lowest BCUT2D eigenvalue weighted by Crippen LogP contribution is -2.35. The van der Waals surface area contributed by atoms with E-state index in [-0.39, 0.29) is 27.1 Å². The molecule has 1 aliphatic carbocycles. The van der Waals surface area contributed by atoms with Gasteiger partial charge >= 0.3 is 0 Å². The lowest BCUT2D eigenvalue weighted by atomic mass is 10.1. The molecule has 2 aliphatic rings. The minimum Gasteiger partial charge on any atom is -0.493 e. The lowest BCUT2D eigenvalue weighted by Gasteiger charge is -2.22. The number of benzene rings is 2. The highest BCUT2D eigenvalue weighted by molar-refractivity contribution is 7.92. The van der Waals surface area contributed by atoms with Gasteiger partial charge in [0.1, 0.15) is 0 Å². The first-order chi connectivity index (χ1) is 16.3. The standard InChI is InChI=1S/C24H30ClN3O5S/c1-32-22-9-7-19(15-23(22)33-2)34(30,31)26-18-6-8-21(25)20(14-18)24(29)28-11-3-10-27(12-13-28)16-17-4-5-17/h6-9,14-15,17,26H,3-5,10-13,16H2,1-2H3. The molecule has 0 atom stereocenters. The van der Waals surface area contributed by atoms with Crippen LogP contribution in [0.2, 0.25) is 5.02 Å². The Bertz CT molecular complexity index is 1150. The Balaban J connectivity index is 1.49. The fourth-order valence-electron chi connectivity index (χ4n) is 4.14. The zero-order valence-electron chi connectivity index (χ0n) is 19.4. The summed E-state index contributed by atoms with van der Waals surface area (Å²) in [6, 6.07) is 8.91. The van der Waals surface area contributed by atoms with Crippen molar-refractivity contribution in [3.05, 3.63) is 47.0 Å². The van der Waals surface area contributed by atoms with E-state index in [0.717, 1.165) is 32.0 Å². The molecule has 0 radical (unpaired) electrons. The van der Waals surface area contributed by atoms with Crippen LogP contribution in [0.1, 0.15) is 29.6 Å². The number of anilines is 1. The zero-order valence-corrected chi connectivity index (χ0v) is 21.0. The van der Waals surface area contributed by atoms with Crippen molar-refractivity contribution >= 4 is 33.2 Å². The number of hydrogen-bond donors (Lipinski definition) is 1. The summed E-state index contributed by atoms with van der Waals surface area (Å²) in [4.78, 5) is 17.5. The molecule has 1 aliphatic heterocycles. The average molecular weight is 508 g/mol. The van der Waals surface area contributed by atoms with Gasteiger partial charge in [-0.2, -0.15) is 0 Å². The van der Waals surface area contributed by atoms with E-state index >= 15 is 0 Å². The van der Waals surface area contributed by atoms with Gasteiger partial charge in [-0.15, -0.1) is 0 Å². The SMILES string of the molecule is COc1ccc(S(=O)(=O)Nc2ccc(Cl)c(C(=O)N3CCCN(CC4CC4)CC3)c2)cc1OC. The van der Waals surface area contributed by atoms with E-state index in [4.69, 9.17) is 21.1 Å². The Morgan fingerprint density at radius 2 is 1.79 bits per heavy atom. The molecular weight excluding hydrogens is 478 g/mol. The summed E-state index contributed by atoms with van der Waals surface area (Å²) in [7, 11) is -1.02. The monoisotopic (exact) mass is 507 g/mol. The molecular formula is C24H30ClN3O5S. The molecule has 0 aromatic heterocycles. The zero-order chi connectivity index (χ0) is 24.3. The first-order valence-electron chi connectivity index (χ1n) is 11.4. The molecule has 0 bridgehead atoms. The van der Waals surface area contributed by atoms with Crippen LogP contribution in [0.25, 0.3) is 0 Å². The second kappa shape index (κ2) is 10.4. The van der Waals surface area contributed by atoms with E-state index < -0.39 is 10.0 Å². The van der Waals surface area contributed by atoms with Gasteiger partial charge in [-0.25, -0.2) is 8.42 Å². The number of nitrogens with one attached hydrogen (secondary N) is 1. The molecule has 1 saturated carbocycles. The molecule has 10 heteroatoms. The Labute approximate surface area is 205 Å². The Morgan fingerprint density at radius 3 is 2.50 bits per heavy atom. The van der Waals surface area contributed by atoms with Gasteiger partial charge in [0.2, 0.25) is 0 Å². The van der Waals surface area contributed by atoms with Crippen molar-refractivity contribution in [2.75, 3.05) is 51.7 Å². The van der Waals surface area contributed by atoms with Gasteiger partial charge in [-0.05, 0) is 62.1 Å². The molecule has 8 nitrogen and oxygen atoms in total. The molecule has 0 unspecified atom stereocenters. The maximum absolute atomic E-state index is 13.3. The third-order valence-corrected chi connectivity index (χ3v) is 7.91. The van der Waals surface area contributed by atoms with Crippen molar-refractivity contribution in [2.45, 2.75) is 24.2 Å². The van der Waals surface area contributed by atoms with Crippen molar-refractivity contribution in [1.29, 1.82) is 0 Å². The van der Waals surface area contributed by atoms with E-state index in [2.05, 4.69) is 9.62 Å². The van der Waals surface area contributed by atoms with Crippen LogP contribution in [0, 0.1) is 5.92 Å². The van der Waals surface area contributed by atoms with Crippen LogP contribution in [0.15, 0.2) is 41.3 Å². The first-order valence-corrected chi connectivity index (χ1v) is 13.2. The topological polar surface area (TPSA) is 88.2 Å². The van der Waals surface area contributed by atoms with Gasteiger partial charge in [0.25, 0.3) is 15.9 Å². The van der Waals surface area contributed by atoms with E-state index in [1.165, 1.54) is 57.4 Å². The van der Waals surface area contributed by atoms with E-state index in [1.807, 2.05) is 0 Å². The number of halogens is 1. The highest BCUT2D eigenvalue weighted by atomic mass is 35.5. The van der Waals surface area contributed by atoms with E-state index in [9.17, 15) is 13.2 Å². The van der Waals surface area contributed by atoms with Gasteiger partial charge in [0, 0.05) is 37.9 Å². The molecule has 0 spiro atoms. The smallest absolute Gasteiger partial charge is 0.262 e. The second-order valence-electron chi connectivity index (χ2n) is 8.71. The highest BCUT2D eigenvalue weighted by Crippen LogP contribution is 2.32. The number of hydrogen-bond acceptors (Lipinski definition) is 6. The number of sulfonamides is 1. The average Bonchev–Trinajstić information content (AvgIpc) is 3.67. The van der Waals surface area contributed by atoms with Crippen LogP contribution in [0.3, 0.4) is 0 Å². The van der Waals surface area contributed by atoms with Crippen molar-refractivity contribution in [3.63, 3.8) is 0 Å². The van der Waals surface area contributed by atoms with Crippen molar-refractivity contribution in [1.82, 2.24) is 9.80 Å². The van der Waals surface area contributed by atoms with Crippen LogP contribution in [0.5, 0.6) is 11.5 Å². The largest absolute Gasteiger partial charge is 0.493 e. The molecule has 2 fully saturated rings. The minimum atomic E-state index is -3.93. The molecule has 1 amide bonds. The molecule has 2 aromatic rings. The third-order valence-electron chi connectivity index (χ3n) is 6.20. The van der Waals surface area contributed by atoms with Crippen LogP contribution >= 0.6 is 11.6 Å². The van der Waals surface area contributed by atoms with E-state index in [0.29, 0.717) is 24.6 Å². The second-order valence-corrected chi connectivity index (χ2v) is 10.8. The van der Waals surface area contributed by atoms with Gasteiger partial charge in [-0.3, -0.25) is 9.52 Å². The summed E-state index contributed by atoms with van der Waals surface area (Å²) in [5, 5.41) is 0.290. The first kappa shape index (κ1) is 24.6. The van der Waals surface area contributed by atoms with E-state index in [1.54, 1.807) is 11.0 Å². The fraction of sp³-hybridized carbons (Fsp3) is 0.458. The van der Waals surface area contributed by atoms with Gasteiger partial charge in [0.05, 0.1) is 29.7 Å². The summed E-state index contributed by atoms with van der Waals surface area (Å²) in [5.74, 6) is 1.35. The maximum atomic E-state index is 13.3. The van der Waals surface area contributed by atoms with Crippen molar-refractivity contribution in [2.24, 2.45) is 5.92 Å². The van der Waals surface area contributed by atoms with Crippen LogP contribution < -0.4 is 14.2 Å². The molecule has 34 heavy (non-hydrogen) atoms. The number of ether oxygens (including phenoxy) is 2. The fourth-order valence-corrected chi connectivity index (χ4v) is 5.41. The number of amides is 1. The molecule has 184 valence electrons. The van der Waals surface area contributed by atoms with Gasteiger partial charge < -0.3 is 19.3 Å². The Hall–Kier alpha value is -2.49. The molecule has 1 saturated heterocycles. The lowest BCUT2D eigenvalue weighted by molar-refractivity contribution is 0.0761. The van der Waals surface area contributed by atoms with Gasteiger partial charge in [0.15, 0.2) is 11.5 Å². The Kier molecular flexibility index (Phi) is 7.54. The Morgan fingerprint density at radius 1 is 1.03 bits per heavy atom. The molecule has 1 heterocycles. The highest BCUT2D eigenvalue weighted by Gasteiger charge is 2.27. The quantitative estimate of drug-likeness (QED) is 0.586. The normalized spacial score (nSPS) is 17.2. The van der Waals surface area contributed by atoms with Crippen molar-refractivity contribution in [3.8, 4) is 11.5 Å². The predicted molar refractivity (Wildman–Crippen MR) is 131 cm³/mol. The van der Waals surface area contributed by atoms with Crippen LogP contribution in [0.4, 0.5) is 5.69 Å². The number of carbonyl (C=O) groups is 1. The minimum absolute atomic E-state index is 0.0104. The third kappa shape index (κ3) is 5.76. The summed E-state index contributed by atoms with van der Waals surface area (Å²) < 4.78 is 38.9. The summed E-state index contributed by atoms with van der Waals surface area (Å²) in [5.41, 5.74) is 0.539.